The predicted molar refractivity (Wildman–Crippen MR) is 114 cm³/mol. The van der Waals surface area contributed by atoms with Crippen molar-refractivity contribution in [3.05, 3.63) is 106 Å². The number of carbonyl (C=O) groups is 1. The van der Waals surface area contributed by atoms with E-state index in [1.807, 2.05) is 54.6 Å². The molecule has 30 heavy (non-hydrogen) atoms. The Morgan fingerprint density at radius 3 is 2.40 bits per heavy atom. The number of ketones is 1. The van der Waals surface area contributed by atoms with E-state index in [0.29, 0.717) is 11.3 Å². The normalized spacial score (nSPS) is 11.9. The number of hydrogen-bond donors (Lipinski definition) is 1. The Hall–Kier alpha value is -3.90. The number of pyridine rings is 1. The molecular formula is C24H18N2O4. The lowest BCUT2D eigenvalue weighted by atomic mass is 9.94. The third-order valence-electron chi connectivity index (χ3n) is 4.95. The summed E-state index contributed by atoms with van der Waals surface area (Å²) in [5.41, 5.74) is 2.63. The van der Waals surface area contributed by atoms with Crippen LogP contribution >= 0.6 is 0 Å². The molecule has 0 bridgehead atoms. The largest absolute Gasteiger partial charge is 0.388 e. The Morgan fingerprint density at radius 1 is 1.00 bits per heavy atom. The Balaban J connectivity index is 1.91. The number of fused-ring (bicyclic) bond motifs is 1. The smallest absolute Gasteiger partial charge is 0.275 e. The van der Waals surface area contributed by atoms with Crippen LogP contribution in [0, 0.1) is 10.1 Å². The summed E-state index contributed by atoms with van der Waals surface area (Å²) in [6.45, 7) is 1.43. The number of nitro benzene ring substituents is 1. The fraction of sp³-hybridized carbons (Fsp3) is 0.0833. The Labute approximate surface area is 172 Å². The van der Waals surface area contributed by atoms with Crippen LogP contribution in [0.3, 0.4) is 0 Å². The summed E-state index contributed by atoms with van der Waals surface area (Å²) < 4.78 is 0. The van der Waals surface area contributed by atoms with Gasteiger partial charge in [0.05, 0.1) is 27.8 Å². The molecule has 1 heterocycles. The SMILES string of the molecule is CC(O)c1cc(C(=O)c2cc3ccccc3nc2-c2ccccc2)ccc1[N+](=O)[O-]. The average Bonchev–Trinajstić information content (AvgIpc) is 2.77. The van der Waals surface area contributed by atoms with E-state index in [0.717, 1.165) is 16.5 Å². The van der Waals surface area contributed by atoms with Crippen molar-refractivity contribution in [3.8, 4) is 11.3 Å². The molecule has 148 valence electrons. The molecule has 0 amide bonds. The van der Waals surface area contributed by atoms with Gasteiger partial charge >= 0.3 is 0 Å². The molecule has 3 aromatic carbocycles. The molecule has 1 atom stereocenters. The summed E-state index contributed by atoms with van der Waals surface area (Å²) in [6, 6.07) is 22.8. The van der Waals surface area contributed by atoms with Gasteiger partial charge in [0.1, 0.15) is 0 Å². The summed E-state index contributed by atoms with van der Waals surface area (Å²) in [4.78, 5) is 28.9. The van der Waals surface area contributed by atoms with E-state index in [1.165, 1.54) is 25.1 Å². The number of benzene rings is 3. The molecule has 0 aliphatic rings. The van der Waals surface area contributed by atoms with Crippen LogP contribution in [0.1, 0.15) is 34.5 Å². The first-order chi connectivity index (χ1) is 14.5. The molecule has 4 aromatic rings. The summed E-state index contributed by atoms with van der Waals surface area (Å²) in [7, 11) is 0. The van der Waals surface area contributed by atoms with Crippen molar-refractivity contribution in [2.45, 2.75) is 13.0 Å². The predicted octanol–water partition coefficient (Wildman–Crippen LogP) is 5.09. The van der Waals surface area contributed by atoms with E-state index in [2.05, 4.69) is 0 Å². The van der Waals surface area contributed by atoms with E-state index in [4.69, 9.17) is 4.98 Å². The molecular weight excluding hydrogens is 380 g/mol. The molecule has 0 radical (unpaired) electrons. The Morgan fingerprint density at radius 2 is 1.70 bits per heavy atom. The van der Waals surface area contributed by atoms with Gasteiger partial charge in [0.15, 0.2) is 5.78 Å². The summed E-state index contributed by atoms with van der Waals surface area (Å²) in [5, 5.41) is 22.1. The quantitative estimate of drug-likeness (QED) is 0.287. The van der Waals surface area contributed by atoms with Crippen molar-refractivity contribution < 1.29 is 14.8 Å². The minimum Gasteiger partial charge on any atom is -0.388 e. The number of aromatic nitrogens is 1. The number of aliphatic hydroxyl groups is 1. The molecule has 0 spiro atoms. The van der Waals surface area contributed by atoms with Gasteiger partial charge in [-0.05, 0) is 31.2 Å². The monoisotopic (exact) mass is 398 g/mol. The molecule has 0 fully saturated rings. The number of aliphatic hydroxyl groups excluding tert-OH is 1. The highest BCUT2D eigenvalue weighted by Gasteiger charge is 2.23. The van der Waals surface area contributed by atoms with Gasteiger partial charge in [0.25, 0.3) is 5.69 Å². The van der Waals surface area contributed by atoms with E-state index in [9.17, 15) is 20.0 Å². The van der Waals surface area contributed by atoms with Gasteiger partial charge in [-0.2, -0.15) is 0 Å². The highest BCUT2D eigenvalue weighted by Crippen LogP contribution is 2.30. The lowest BCUT2D eigenvalue weighted by molar-refractivity contribution is -0.386. The molecule has 0 aliphatic carbocycles. The van der Waals surface area contributed by atoms with Gasteiger partial charge in [-0.15, -0.1) is 0 Å². The lowest BCUT2D eigenvalue weighted by Gasteiger charge is -2.12. The van der Waals surface area contributed by atoms with Crippen LogP contribution in [0.2, 0.25) is 0 Å². The fourth-order valence-electron chi connectivity index (χ4n) is 3.46. The number of para-hydroxylation sites is 1. The van der Waals surface area contributed by atoms with Crippen molar-refractivity contribution in [1.29, 1.82) is 0 Å². The molecule has 1 N–H and O–H groups in total. The van der Waals surface area contributed by atoms with Gasteiger partial charge in [-0.3, -0.25) is 14.9 Å². The number of rotatable bonds is 5. The Bertz CT molecular complexity index is 1270. The maximum absolute atomic E-state index is 13.4. The first kappa shape index (κ1) is 19.4. The van der Waals surface area contributed by atoms with Gasteiger partial charge < -0.3 is 5.11 Å². The van der Waals surface area contributed by atoms with Crippen LogP contribution in [0.5, 0.6) is 0 Å². The summed E-state index contributed by atoms with van der Waals surface area (Å²) in [6.07, 6.45) is -1.08. The second kappa shape index (κ2) is 7.85. The van der Waals surface area contributed by atoms with Gasteiger partial charge in [0.2, 0.25) is 0 Å². The zero-order valence-corrected chi connectivity index (χ0v) is 16.1. The van der Waals surface area contributed by atoms with Crippen molar-refractivity contribution >= 4 is 22.4 Å². The minimum absolute atomic E-state index is 0.0980. The van der Waals surface area contributed by atoms with Crippen LogP contribution in [-0.2, 0) is 0 Å². The molecule has 1 aromatic heterocycles. The third kappa shape index (κ3) is 3.56. The summed E-state index contributed by atoms with van der Waals surface area (Å²) >= 11 is 0. The zero-order valence-electron chi connectivity index (χ0n) is 16.1. The van der Waals surface area contributed by atoms with Crippen molar-refractivity contribution in [1.82, 2.24) is 4.98 Å². The van der Waals surface area contributed by atoms with Crippen LogP contribution in [0.15, 0.2) is 78.9 Å². The molecule has 1 unspecified atom stereocenters. The minimum atomic E-state index is -1.08. The van der Waals surface area contributed by atoms with Crippen molar-refractivity contribution in [2.75, 3.05) is 0 Å². The van der Waals surface area contributed by atoms with E-state index in [1.54, 1.807) is 6.07 Å². The van der Waals surface area contributed by atoms with Crippen LogP contribution in [-0.4, -0.2) is 20.8 Å². The summed E-state index contributed by atoms with van der Waals surface area (Å²) in [5.74, 6) is -0.316. The van der Waals surface area contributed by atoms with Crippen LogP contribution in [0.25, 0.3) is 22.2 Å². The van der Waals surface area contributed by atoms with Crippen molar-refractivity contribution in [2.24, 2.45) is 0 Å². The molecule has 4 rings (SSSR count). The molecule has 0 saturated heterocycles. The van der Waals surface area contributed by atoms with Crippen molar-refractivity contribution in [3.63, 3.8) is 0 Å². The Kier molecular flexibility index (Phi) is 5.08. The standard InChI is InChI=1S/C24H18N2O4/c1-15(27)19-14-18(11-12-22(19)26(29)30)24(28)20-13-17-9-5-6-10-21(17)25-23(20)16-7-3-2-4-8-16/h2-15,27H,1H3. The second-order valence-corrected chi connectivity index (χ2v) is 6.98. The number of nitro groups is 1. The number of hydrogen-bond acceptors (Lipinski definition) is 5. The molecule has 0 aliphatic heterocycles. The van der Waals surface area contributed by atoms with Gasteiger partial charge in [0, 0.05) is 28.1 Å². The van der Waals surface area contributed by atoms with Gasteiger partial charge in [-0.25, -0.2) is 4.98 Å². The lowest BCUT2D eigenvalue weighted by Crippen LogP contribution is -2.08. The number of nitrogens with zero attached hydrogens (tertiary/aromatic N) is 2. The second-order valence-electron chi connectivity index (χ2n) is 6.98. The maximum atomic E-state index is 13.4. The third-order valence-corrected chi connectivity index (χ3v) is 4.95. The van der Waals surface area contributed by atoms with E-state index in [-0.39, 0.29) is 22.6 Å². The highest BCUT2D eigenvalue weighted by molar-refractivity contribution is 6.14. The highest BCUT2D eigenvalue weighted by atomic mass is 16.6. The molecule has 0 saturated carbocycles. The van der Waals surface area contributed by atoms with Crippen LogP contribution < -0.4 is 0 Å². The zero-order chi connectivity index (χ0) is 21.3. The van der Waals surface area contributed by atoms with E-state index >= 15 is 0 Å². The van der Waals surface area contributed by atoms with E-state index < -0.39 is 11.0 Å². The first-order valence-electron chi connectivity index (χ1n) is 9.42. The first-order valence-corrected chi connectivity index (χ1v) is 9.42. The molecule has 6 heteroatoms. The van der Waals surface area contributed by atoms with Crippen LogP contribution in [0.4, 0.5) is 5.69 Å². The number of carbonyl (C=O) groups excluding carboxylic acids is 1. The topological polar surface area (TPSA) is 93.3 Å². The van der Waals surface area contributed by atoms with Gasteiger partial charge in [-0.1, -0.05) is 48.5 Å². The fourth-order valence-corrected chi connectivity index (χ4v) is 3.46. The maximum Gasteiger partial charge on any atom is 0.275 e. The molecule has 6 nitrogen and oxygen atoms in total. The average molecular weight is 398 g/mol.